The molecule has 10 heteroatoms. The molecule has 6 N–H and O–H groups in total. The summed E-state index contributed by atoms with van der Waals surface area (Å²) in [6.45, 7) is 11.8. The molecule has 4 aliphatic rings. The summed E-state index contributed by atoms with van der Waals surface area (Å²) in [5.74, 6) is -0.602. The van der Waals surface area contributed by atoms with Gasteiger partial charge in [-0.15, -0.1) is 0 Å². The molecule has 0 spiro atoms. The Morgan fingerprint density at radius 2 is 1.82 bits per heavy atom. The molecular formula is C29H50O9S. The quantitative estimate of drug-likeness (QED) is 0.179. The van der Waals surface area contributed by atoms with Crippen LogP contribution < -0.4 is 0 Å². The first-order chi connectivity index (χ1) is 18.1. The highest BCUT2D eigenvalue weighted by Crippen LogP contribution is 2.69. The van der Waals surface area contributed by atoms with E-state index in [-0.39, 0.29) is 36.7 Å². The summed E-state index contributed by atoms with van der Waals surface area (Å²) >= 11 is 0. The second kappa shape index (κ2) is 10.9. The lowest BCUT2D eigenvalue weighted by Gasteiger charge is -2.62. The molecule has 0 amide bonds. The van der Waals surface area contributed by atoms with E-state index in [2.05, 4.69) is 20.4 Å². The average molecular weight is 575 g/mol. The lowest BCUT2D eigenvalue weighted by Crippen LogP contribution is -2.63. The molecule has 0 bridgehead atoms. The molecule has 9 nitrogen and oxygen atoms in total. The van der Waals surface area contributed by atoms with E-state index < -0.39 is 57.2 Å². The zero-order valence-corrected chi connectivity index (χ0v) is 24.7. The zero-order chi connectivity index (χ0) is 29.1. The van der Waals surface area contributed by atoms with E-state index >= 15 is 0 Å². The Morgan fingerprint density at radius 1 is 1.15 bits per heavy atom. The number of hydrogen-bond acceptors (Lipinski definition) is 8. The summed E-state index contributed by atoms with van der Waals surface area (Å²) in [6, 6.07) is 0. The van der Waals surface area contributed by atoms with E-state index in [1.165, 1.54) is 0 Å². The van der Waals surface area contributed by atoms with E-state index in [0.29, 0.717) is 31.6 Å². The molecule has 4 rings (SSSR count). The first-order valence-electron chi connectivity index (χ1n) is 14.8. The van der Waals surface area contributed by atoms with Gasteiger partial charge in [0.1, 0.15) is 17.8 Å². The Balaban J connectivity index is 1.64. The minimum atomic E-state index is -4.74. The number of aliphatic hydroxyl groups excluding tert-OH is 4. The highest BCUT2D eigenvalue weighted by molar-refractivity contribution is 7.80. The largest absolute Gasteiger partial charge is 0.397 e. The van der Waals surface area contributed by atoms with E-state index in [1.807, 2.05) is 13.8 Å². The minimum Gasteiger partial charge on any atom is -0.396 e. The van der Waals surface area contributed by atoms with Gasteiger partial charge >= 0.3 is 10.4 Å². The van der Waals surface area contributed by atoms with Crippen LogP contribution in [0.15, 0.2) is 12.2 Å². The number of aliphatic hydroxyl groups is 5. The number of fused-ring (bicyclic) bond motifs is 5. The Hall–Kier alpha value is -0.590. The van der Waals surface area contributed by atoms with Crippen molar-refractivity contribution in [3.63, 3.8) is 0 Å². The molecule has 0 aliphatic heterocycles. The van der Waals surface area contributed by atoms with Crippen molar-refractivity contribution >= 4 is 10.4 Å². The Bertz CT molecular complexity index is 1020. The van der Waals surface area contributed by atoms with Crippen LogP contribution in [0.2, 0.25) is 0 Å². The molecule has 0 radical (unpaired) electrons. The summed E-state index contributed by atoms with van der Waals surface area (Å²) in [7, 11) is -4.74. The van der Waals surface area contributed by atoms with Gasteiger partial charge in [0, 0.05) is 11.3 Å². The predicted molar refractivity (Wildman–Crippen MR) is 146 cm³/mol. The average Bonchev–Trinajstić information content (AvgIpc) is 3.03. The maximum atomic E-state index is 12.3. The molecule has 0 aromatic heterocycles. The van der Waals surface area contributed by atoms with Crippen LogP contribution >= 0.6 is 0 Å². The normalized spacial score (nSPS) is 47.5. The Labute approximate surface area is 233 Å². The number of hydrogen-bond donors (Lipinski definition) is 6. The fourth-order valence-electron chi connectivity index (χ4n) is 10.0. The molecule has 4 aliphatic carbocycles. The van der Waals surface area contributed by atoms with Crippen LogP contribution in [0.5, 0.6) is 0 Å². The third kappa shape index (κ3) is 4.94. The third-order valence-electron chi connectivity index (χ3n) is 12.1. The molecule has 0 heterocycles. The van der Waals surface area contributed by atoms with Crippen LogP contribution in [0.25, 0.3) is 0 Å². The topological polar surface area (TPSA) is 165 Å². The standard InChI is InChI=1S/C29H50O9S/c1-6-18(16(2)3)8-7-17(4)29(34)26(33)25(32)24-20-10-9-19-13-22(31)23(38-39(35,36)37)14-27(19,5)21(20)11-12-28(24,29)15-30/h17-26,30-34H,2,6-15H2,1,3-5H3,(H,35,36,37). The predicted octanol–water partition coefficient (Wildman–Crippen LogP) is 2.85. The van der Waals surface area contributed by atoms with Gasteiger partial charge in [0.25, 0.3) is 0 Å². The van der Waals surface area contributed by atoms with Gasteiger partial charge < -0.3 is 25.5 Å². The molecule has 0 aromatic rings. The van der Waals surface area contributed by atoms with E-state index in [1.54, 1.807) is 0 Å². The van der Waals surface area contributed by atoms with Gasteiger partial charge in [-0.2, -0.15) is 8.42 Å². The van der Waals surface area contributed by atoms with Crippen LogP contribution in [-0.4, -0.2) is 75.1 Å². The molecule has 226 valence electrons. The zero-order valence-electron chi connectivity index (χ0n) is 23.9. The summed E-state index contributed by atoms with van der Waals surface area (Å²) in [4.78, 5) is 0. The first-order valence-corrected chi connectivity index (χ1v) is 16.1. The maximum Gasteiger partial charge on any atom is 0.397 e. The van der Waals surface area contributed by atoms with Gasteiger partial charge in [-0.3, -0.25) is 4.55 Å². The SMILES string of the molecule is C=C(C)C(CC)CCC(C)C1(O)C(O)C(O)C2C3CCC4CC(O)C(OS(=O)(=O)O)CC4(C)C3CCC21CO. The van der Waals surface area contributed by atoms with Gasteiger partial charge in [0.2, 0.25) is 0 Å². The molecule has 39 heavy (non-hydrogen) atoms. The number of allylic oxidation sites excluding steroid dienone is 1. The molecular weight excluding hydrogens is 524 g/mol. The Morgan fingerprint density at radius 3 is 2.38 bits per heavy atom. The van der Waals surface area contributed by atoms with Crippen molar-refractivity contribution in [3.05, 3.63) is 12.2 Å². The van der Waals surface area contributed by atoms with Gasteiger partial charge in [0.15, 0.2) is 0 Å². The summed E-state index contributed by atoms with van der Waals surface area (Å²) in [5, 5.41) is 56.9. The fourth-order valence-corrected chi connectivity index (χ4v) is 10.5. The molecule has 13 atom stereocenters. The van der Waals surface area contributed by atoms with Crippen molar-refractivity contribution in [2.24, 2.45) is 46.3 Å². The van der Waals surface area contributed by atoms with Gasteiger partial charge in [-0.1, -0.05) is 32.9 Å². The van der Waals surface area contributed by atoms with Crippen molar-refractivity contribution in [2.75, 3.05) is 6.61 Å². The van der Waals surface area contributed by atoms with Gasteiger partial charge in [-0.05, 0) is 99.7 Å². The molecule has 4 fully saturated rings. The minimum absolute atomic E-state index is 0.00770. The first kappa shape index (κ1) is 31.3. The monoisotopic (exact) mass is 574 g/mol. The van der Waals surface area contributed by atoms with Crippen molar-refractivity contribution in [2.45, 2.75) is 115 Å². The maximum absolute atomic E-state index is 12.3. The van der Waals surface area contributed by atoms with Crippen LogP contribution in [0.4, 0.5) is 0 Å². The summed E-state index contributed by atoms with van der Waals surface area (Å²) in [6.07, 6.45) is 0.737. The highest BCUT2D eigenvalue weighted by atomic mass is 32.3. The van der Waals surface area contributed by atoms with Crippen LogP contribution in [0, 0.1) is 46.3 Å². The lowest BCUT2D eigenvalue weighted by molar-refractivity contribution is -0.217. The number of rotatable bonds is 9. The van der Waals surface area contributed by atoms with Crippen molar-refractivity contribution in [1.82, 2.24) is 0 Å². The fraction of sp³-hybridized carbons (Fsp3) is 0.931. The third-order valence-corrected chi connectivity index (χ3v) is 12.6. The van der Waals surface area contributed by atoms with Crippen molar-refractivity contribution < 1.29 is 42.7 Å². The van der Waals surface area contributed by atoms with Gasteiger partial charge in [0.05, 0.1) is 18.8 Å². The Kier molecular flexibility index (Phi) is 8.77. The lowest BCUT2D eigenvalue weighted by atomic mass is 9.43. The van der Waals surface area contributed by atoms with Crippen LogP contribution in [-0.2, 0) is 14.6 Å². The summed E-state index contributed by atoms with van der Waals surface area (Å²) < 4.78 is 37.2. The highest BCUT2D eigenvalue weighted by Gasteiger charge is 2.74. The smallest absolute Gasteiger partial charge is 0.396 e. The second-order valence-corrected chi connectivity index (χ2v) is 14.7. The second-order valence-electron chi connectivity index (χ2n) is 13.7. The molecule has 13 unspecified atom stereocenters. The van der Waals surface area contributed by atoms with Crippen LogP contribution in [0.1, 0.15) is 85.5 Å². The molecule has 4 saturated carbocycles. The van der Waals surface area contributed by atoms with E-state index in [0.717, 1.165) is 31.3 Å². The van der Waals surface area contributed by atoms with Crippen molar-refractivity contribution in [1.29, 1.82) is 0 Å². The van der Waals surface area contributed by atoms with E-state index in [4.69, 9.17) is 4.18 Å². The molecule has 0 saturated heterocycles. The van der Waals surface area contributed by atoms with Crippen molar-refractivity contribution in [3.8, 4) is 0 Å². The van der Waals surface area contributed by atoms with Gasteiger partial charge in [-0.25, -0.2) is 4.18 Å². The van der Waals surface area contributed by atoms with Crippen LogP contribution in [0.3, 0.4) is 0 Å². The molecule has 0 aromatic carbocycles. The van der Waals surface area contributed by atoms with E-state index in [9.17, 15) is 38.5 Å². The summed E-state index contributed by atoms with van der Waals surface area (Å²) in [5.41, 5.74) is -2.09.